The quantitative estimate of drug-likeness (QED) is 0.612. The molecule has 0 bridgehead atoms. The molecule has 1 aromatic rings. The molecule has 1 aliphatic rings. The molecule has 4 nitrogen and oxygen atoms in total. The Balaban J connectivity index is 2.06. The summed E-state index contributed by atoms with van der Waals surface area (Å²) in [7, 11) is 1.70. The summed E-state index contributed by atoms with van der Waals surface area (Å²) >= 11 is 0. The molecule has 1 saturated heterocycles. The molecule has 0 radical (unpaired) electrons. The number of aromatic nitrogens is 3. The van der Waals surface area contributed by atoms with E-state index >= 15 is 0 Å². The Labute approximate surface area is 67.8 Å². The minimum absolute atomic E-state index is 0.267. The zero-order valence-corrected chi connectivity index (χ0v) is 6.54. The summed E-state index contributed by atoms with van der Waals surface area (Å²) in [6.07, 6.45) is 1.49. The molecule has 0 amide bonds. The van der Waals surface area contributed by atoms with Crippen LogP contribution in [0.5, 0.6) is 0 Å². The van der Waals surface area contributed by atoms with Gasteiger partial charge >= 0.3 is 0 Å². The molecule has 6 heteroatoms. The molecule has 1 aromatic heterocycles. The third-order valence-corrected chi connectivity index (χ3v) is 1.71. The minimum Gasteiger partial charge on any atom is -0.327 e. The lowest BCUT2D eigenvalue weighted by atomic mass is 10.2. The number of hydrogen-bond donors (Lipinski definition) is 0. The Morgan fingerprint density at radius 3 is 2.58 bits per heavy atom. The highest BCUT2D eigenvalue weighted by molar-refractivity contribution is 5.34. The number of anilines is 1. The second kappa shape index (κ2) is 2.15. The monoisotopic (exact) mass is 174 g/mol. The van der Waals surface area contributed by atoms with Crippen LogP contribution in [0.15, 0.2) is 6.33 Å². The molecular formula is C6H8F2N4. The molecule has 2 rings (SSSR count). The van der Waals surface area contributed by atoms with Gasteiger partial charge in [-0.05, 0) is 0 Å². The SMILES string of the molecule is Cn1cnc(N2CC(F)(F)C2)n1. The third-order valence-electron chi connectivity index (χ3n) is 1.71. The second-order valence-electron chi connectivity index (χ2n) is 2.93. The number of halogens is 2. The molecule has 1 aliphatic heterocycles. The Bertz CT molecular complexity index is 287. The summed E-state index contributed by atoms with van der Waals surface area (Å²) in [6.45, 7) is -0.534. The van der Waals surface area contributed by atoms with E-state index in [1.165, 1.54) is 15.9 Å². The van der Waals surface area contributed by atoms with E-state index in [1.54, 1.807) is 7.05 Å². The van der Waals surface area contributed by atoms with Crippen LogP contribution in [-0.2, 0) is 7.05 Å². The predicted octanol–water partition coefficient (Wildman–Crippen LogP) is 0.270. The zero-order chi connectivity index (χ0) is 8.77. The maximum atomic E-state index is 12.4. The van der Waals surface area contributed by atoms with Gasteiger partial charge in [0.05, 0.1) is 13.1 Å². The van der Waals surface area contributed by atoms with Crippen molar-refractivity contribution < 1.29 is 8.78 Å². The van der Waals surface area contributed by atoms with Crippen LogP contribution >= 0.6 is 0 Å². The third kappa shape index (κ3) is 1.13. The predicted molar refractivity (Wildman–Crippen MR) is 38.2 cm³/mol. The van der Waals surface area contributed by atoms with Crippen molar-refractivity contribution in [1.82, 2.24) is 14.8 Å². The minimum atomic E-state index is -2.56. The van der Waals surface area contributed by atoms with Crippen molar-refractivity contribution in [3.8, 4) is 0 Å². The molecule has 0 aromatic carbocycles. The van der Waals surface area contributed by atoms with Gasteiger partial charge in [0.15, 0.2) is 0 Å². The van der Waals surface area contributed by atoms with Gasteiger partial charge in [0.25, 0.3) is 5.92 Å². The highest BCUT2D eigenvalue weighted by Crippen LogP contribution is 2.28. The fraction of sp³-hybridized carbons (Fsp3) is 0.667. The lowest BCUT2D eigenvalue weighted by Crippen LogP contribution is -2.56. The van der Waals surface area contributed by atoms with Crippen LogP contribution in [-0.4, -0.2) is 33.8 Å². The average Bonchev–Trinajstić information content (AvgIpc) is 2.30. The van der Waals surface area contributed by atoms with Gasteiger partial charge < -0.3 is 4.90 Å². The Morgan fingerprint density at radius 2 is 2.17 bits per heavy atom. The van der Waals surface area contributed by atoms with Crippen LogP contribution in [0.25, 0.3) is 0 Å². The Morgan fingerprint density at radius 1 is 1.50 bits per heavy atom. The zero-order valence-electron chi connectivity index (χ0n) is 6.54. The van der Waals surface area contributed by atoms with E-state index in [0.29, 0.717) is 5.95 Å². The van der Waals surface area contributed by atoms with E-state index in [9.17, 15) is 8.78 Å². The van der Waals surface area contributed by atoms with E-state index in [0.717, 1.165) is 0 Å². The number of rotatable bonds is 1. The van der Waals surface area contributed by atoms with E-state index in [4.69, 9.17) is 0 Å². The first-order valence-corrected chi connectivity index (χ1v) is 3.55. The molecule has 0 saturated carbocycles. The van der Waals surface area contributed by atoms with E-state index < -0.39 is 5.92 Å². The molecule has 0 unspecified atom stereocenters. The molecule has 12 heavy (non-hydrogen) atoms. The fourth-order valence-electron chi connectivity index (χ4n) is 1.13. The van der Waals surface area contributed by atoms with Gasteiger partial charge in [0, 0.05) is 7.05 Å². The van der Waals surface area contributed by atoms with Crippen molar-refractivity contribution in [2.45, 2.75) is 5.92 Å². The smallest absolute Gasteiger partial charge is 0.282 e. The summed E-state index contributed by atoms with van der Waals surface area (Å²) in [5.41, 5.74) is 0. The molecule has 1 fully saturated rings. The lowest BCUT2D eigenvalue weighted by molar-refractivity contribution is -0.0271. The summed E-state index contributed by atoms with van der Waals surface area (Å²) < 4.78 is 26.2. The molecule has 2 heterocycles. The molecular weight excluding hydrogens is 166 g/mol. The van der Waals surface area contributed by atoms with Gasteiger partial charge in [0.1, 0.15) is 6.33 Å². The van der Waals surface area contributed by atoms with Crippen LogP contribution in [0.4, 0.5) is 14.7 Å². The van der Waals surface area contributed by atoms with Crippen LogP contribution in [0, 0.1) is 0 Å². The maximum Gasteiger partial charge on any atom is 0.282 e. The highest BCUT2D eigenvalue weighted by atomic mass is 19.3. The topological polar surface area (TPSA) is 34.0 Å². The summed E-state index contributed by atoms with van der Waals surface area (Å²) in [6, 6.07) is 0. The van der Waals surface area contributed by atoms with Crippen molar-refractivity contribution in [2.24, 2.45) is 7.05 Å². The number of alkyl halides is 2. The van der Waals surface area contributed by atoms with Gasteiger partial charge in [-0.25, -0.2) is 13.8 Å². The normalized spacial score (nSPS) is 20.8. The lowest BCUT2D eigenvalue weighted by Gasteiger charge is -2.37. The fourth-order valence-corrected chi connectivity index (χ4v) is 1.13. The average molecular weight is 174 g/mol. The largest absolute Gasteiger partial charge is 0.327 e. The van der Waals surface area contributed by atoms with Gasteiger partial charge in [0.2, 0.25) is 5.95 Å². The molecule has 0 aliphatic carbocycles. The number of aryl methyl sites for hydroxylation is 1. The van der Waals surface area contributed by atoms with Gasteiger partial charge in [-0.1, -0.05) is 0 Å². The highest BCUT2D eigenvalue weighted by Gasteiger charge is 2.45. The first kappa shape index (κ1) is 7.45. The van der Waals surface area contributed by atoms with E-state index in [1.807, 2.05) is 0 Å². The van der Waals surface area contributed by atoms with Crippen LogP contribution in [0.1, 0.15) is 0 Å². The van der Waals surface area contributed by atoms with Gasteiger partial charge in [-0.2, -0.15) is 0 Å². The van der Waals surface area contributed by atoms with Crippen LogP contribution in [0.2, 0.25) is 0 Å². The first-order valence-electron chi connectivity index (χ1n) is 3.55. The van der Waals surface area contributed by atoms with Gasteiger partial charge in [-0.15, -0.1) is 5.10 Å². The van der Waals surface area contributed by atoms with Crippen molar-refractivity contribution in [2.75, 3.05) is 18.0 Å². The van der Waals surface area contributed by atoms with Gasteiger partial charge in [-0.3, -0.25) is 4.68 Å². The molecule has 66 valence electrons. The second-order valence-corrected chi connectivity index (χ2v) is 2.93. The summed E-state index contributed by atoms with van der Waals surface area (Å²) in [5, 5.41) is 3.90. The molecule has 0 spiro atoms. The summed E-state index contributed by atoms with van der Waals surface area (Å²) in [5.74, 6) is -2.18. The molecule has 0 N–H and O–H groups in total. The Kier molecular flexibility index (Phi) is 1.33. The van der Waals surface area contributed by atoms with Crippen LogP contribution in [0.3, 0.4) is 0 Å². The number of hydrogen-bond acceptors (Lipinski definition) is 3. The van der Waals surface area contributed by atoms with Crippen molar-refractivity contribution >= 4 is 5.95 Å². The van der Waals surface area contributed by atoms with E-state index in [-0.39, 0.29) is 13.1 Å². The Hall–Kier alpha value is -1.20. The summed E-state index contributed by atoms with van der Waals surface area (Å²) in [4.78, 5) is 5.29. The van der Waals surface area contributed by atoms with Crippen molar-refractivity contribution in [1.29, 1.82) is 0 Å². The van der Waals surface area contributed by atoms with Crippen LogP contribution < -0.4 is 4.90 Å². The van der Waals surface area contributed by atoms with Crippen molar-refractivity contribution in [3.05, 3.63) is 6.33 Å². The standard InChI is InChI=1S/C6H8F2N4/c1-11-4-9-5(10-11)12-2-6(7,8)3-12/h4H,2-3H2,1H3. The first-order chi connectivity index (χ1) is 5.57. The maximum absolute atomic E-state index is 12.4. The van der Waals surface area contributed by atoms with Crippen molar-refractivity contribution in [3.63, 3.8) is 0 Å². The molecule has 0 atom stereocenters. The van der Waals surface area contributed by atoms with E-state index in [2.05, 4.69) is 10.1 Å². The number of nitrogens with zero attached hydrogens (tertiary/aromatic N) is 4.